The number of halogens is 1. The Hall–Kier alpha value is -1.92. The van der Waals surface area contributed by atoms with Crippen molar-refractivity contribution in [3.05, 3.63) is 46.5 Å². The first-order valence-electron chi connectivity index (χ1n) is 8.78. The van der Waals surface area contributed by atoms with Gasteiger partial charge in [-0.05, 0) is 30.5 Å². The monoisotopic (exact) mass is 359 g/mol. The zero-order valence-corrected chi connectivity index (χ0v) is 15.1. The van der Waals surface area contributed by atoms with Crippen molar-refractivity contribution >= 4 is 17.5 Å². The predicted octanol–water partition coefficient (Wildman–Crippen LogP) is 2.63. The highest BCUT2D eigenvalue weighted by atomic mass is 35.5. The molecule has 0 bridgehead atoms. The molecule has 1 atom stereocenters. The molecule has 2 aromatic rings. The molecule has 3 heterocycles. The number of carbonyl (C=O) groups excluding carboxylic acids is 1. The molecule has 0 saturated carbocycles. The third kappa shape index (κ3) is 3.28. The quantitative estimate of drug-likeness (QED) is 0.845. The van der Waals surface area contributed by atoms with E-state index in [2.05, 4.69) is 31.8 Å². The molecule has 0 N–H and O–H groups in total. The Morgan fingerprint density at radius 2 is 2.00 bits per heavy atom. The summed E-state index contributed by atoms with van der Waals surface area (Å²) in [4.78, 5) is 16.1. The molecule has 2 aliphatic rings. The van der Waals surface area contributed by atoms with Crippen LogP contribution in [0.5, 0.6) is 0 Å². The number of aromatic nitrogens is 3. The predicted molar refractivity (Wildman–Crippen MR) is 95.0 cm³/mol. The van der Waals surface area contributed by atoms with E-state index < -0.39 is 0 Å². The Kier molecular flexibility index (Phi) is 4.48. The summed E-state index contributed by atoms with van der Waals surface area (Å²) in [5, 5.41) is 9.62. The lowest BCUT2D eigenvalue weighted by Gasteiger charge is -2.29. The van der Waals surface area contributed by atoms with Gasteiger partial charge in [-0.15, -0.1) is 10.2 Å². The van der Waals surface area contributed by atoms with Crippen LogP contribution in [-0.2, 0) is 24.4 Å². The minimum Gasteiger partial charge on any atom is -0.333 e. The van der Waals surface area contributed by atoms with Crippen molar-refractivity contribution in [3.8, 4) is 0 Å². The van der Waals surface area contributed by atoms with Gasteiger partial charge >= 0.3 is 0 Å². The normalized spacial score (nSPS) is 20.7. The van der Waals surface area contributed by atoms with Gasteiger partial charge in [0, 0.05) is 38.1 Å². The van der Waals surface area contributed by atoms with Gasteiger partial charge in [-0.3, -0.25) is 9.69 Å². The molecule has 132 valence electrons. The smallest absolute Gasteiger partial charge is 0.220 e. The number of amides is 1. The van der Waals surface area contributed by atoms with Gasteiger partial charge in [-0.1, -0.05) is 23.7 Å². The average Bonchev–Trinajstić information content (AvgIpc) is 3.22. The number of carbonyl (C=O) groups is 1. The second-order valence-electron chi connectivity index (χ2n) is 6.83. The lowest BCUT2D eigenvalue weighted by molar-refractivity contribution is -0.129. The molecule has 25 heavy (non-hydrogen) atoms. The molecule has 1 saturated heterocycles. The Balaban J connectivity index is 1.49. The van der Waals surface area contributed by atoms with Crippen LogP contribution >= 0.6 is 11.6 Å². The van der Waals surface area contributed by atoms with E-state index in [1.54, 1.807) is 6.92 Å². The number of nitrogens with zero attached hydrogens (tertiary/aromatic N) is 5. The maximum atomic E-state index is 11.8. The molecule has 1 fully saturated rings. The zero-order chi connectivity index (χ0) is 17.4. The Labute approximate surface area is 152 Å². The van der Waals surface area contributed by atoms with Crippen molar-refractivity contribution in [1.82, 2.24) is 24.6 Å². The third-order valence-electron chi connectivity index (χ3n) is 5.14. The SMILES string of the molecule is CC(=O)N1CCCC1c1nnc2n1CCN(Cc1ccc(Cl)cc1)C2. The first-order valence-corrected chi connectivity index (χ1v) is 9.15. The Bertz CT molecular complexity index is 772. The van der Waals surface area contributed by atoms with Crippen LogP contribution in [0.2, 0.25) is 5.02 Å². The zero-order valence-electron chi connectivity index (χ0n) is 14.4. The van der Waals surface area contributed by atoms with E-state index in [1.165, 1.54) is 5.56 Å². The largest absolute Gasteiger partial charge is 0.333 e. The van der Waals surface area contributed by atoms with Crippen molar-refractivity contribution in [2.75, 3.05) is 13.1 Å². The number of hydrogen-bond donors (Lipinski definition) is 0. The summed E-state index contributed by atoms with van der Waals surface area (Å²) in [5.74, 6) is 2.07. The van der Waals surface area contributed by atoms with E-state index >= 15 is 0 Å². The second-order valence-corrected chi connectivity index (χ2v) is 7.27. The summed E-state index contributed by atoms with van der Waals surface area (Å²) in [6.45, 7) is 5.94. The number of likely N-dealkylation sites (tertiary alicyclic amines) is 1. The van der Waals surface area contributed by atoms with E-state index in [0.717, 1.165) is 62.2 Å². The molecular formula is C18H22ClN5O. The van der Waals surface area contributed by atoms with Crippen LogP contribution in [0, 0.1) is 0 Å². The maximum absolute atomic E-state index is 11.8. The van der Waals surface area contributed by atoms with Gasteiger partial charge in [0.25, 0.3) is 0 Å². The summed E-state index contributed by atoms with van der Waals surface area (Å²) >= 11 is 5.96. The van der Waals surface area contributed by atoms with Crippen molar-refractivity contribution in [3.63, 3.8) is 0 Å². The topological polar surface area (TPSA) is 54.3 Å². The Morgan fingerprint density at radius 3 is 2.76 bits per heavy atom. The average molecular weight is 360 g/mol. The lowest BCUT2D eigenvalue weighted by atomic mass is 10.2. The van der Waals surface area contributed by atoms with E-state index in [0.29, 0.717) is 0 Å². The Morgan fingerprint density at radius 1 is 1.20 bits per heavy atom. The van der Waals surface area contributed by atoms with E-state index in [4.69, 9.17) is 11.6 Å². The fraction of sp³-hybridized carbons (Fsp3) is 0.500. The van der Waals surface area contributed by atoms with Crippen LogP contribution in [-0.4, -0.2) is 43.6 Å². The maximum Gasteiger partial charge on any atom is 0.220 e. The molecular weight excluding hydrogens is 338 g/mol. The van der Waals surface area contributed by atoms with Gasteiger partial charge in [-0.25, -0.2) is 0 Å². The van der Waals surface area contributed by atoms with Crippen molar-refractivity contribution < 1.29 is 4.79 Å². The minimum atomic E-state index is 0.0848. The number of benzene rings is 1. The molecule has 0 spiro atoms. The highest BCUT2D eigenvalue weighted by Gasteiger charge is 2.33. The van der Waals surface area contributed by atoms with Crippen LogP contribution in [0.3, 0.4) is 0 Å². The van der Waals surface area contributed by atoms with Gasteiger partial charge in [-0.2, -0.15) is 0 Å². The first kappa shape index (κ1) is 16.5. The molecule has 1 amide bonds. The van der Waals surface area contributed by atoms with Gasteiger partial charge < -0.3 is 9.47 Å². The van der Waals surface area contributed by atoms with E-state index in [1.807, 2.05) is 17.0 Å². The van der Waals surface area contributed by atoms with Crippen LogP contribution < -0.4 is 0 Å². The first-order chi connectivity index (χ1) is 12.1. The van der Waals surface area contributed by atoms with E-state index in [9.17, 15) is 4.79 Å². The van der Waals surface area contributed by atoms with Crippen molar-refractivity contribution in [1.29, 1.82) is 0 Å². The summed E-state index contributed by atoms with van der Waals surface area (Å²) < 4.78 is 2.21. The second kappa shape index (κ2) is 6.77. The number of hydrogen-bond acceptors (Lipinski definition) is 4. The fourth-order valence-corrected chi connectivity index (χ4v) is 4.00. The summed E-state index contributed by atoms with van der Waals surface area (Å²) in [6, 6.07) is 8.07. The molecule has 0 aliphatic carbocycles. The molecule has 4 rings (SSSR count). The number of fused-ring (bicyclic) bond motifs is 1. The van der Waals surface area contributed by atoms with Crippen LogP contribution in [0.15, 0.2) is 24.3 Å². The molecule has 6 nitrogen and oxygen atoms in total. The van der Waals surface area contributed by atoms with E-state index in [-0.39, 0.29) is 11.9 Å². The van der Waals surface area contributed by atoms with Crippen molar-refractivity contribution in [2.45, 2.75) is 45.4 Å². The lowest BCUT2D eigenvalue weighted by Crippen LogP contribution is -2.36. The van der Waals surface area contributed by atoms with Gasteiger partial charge in [0.2, 0.25) is 5.91 Å². The standard InChI is InChI=1S/C18H22ClN5O/c1-13(25)23-8-2-3-16(23)18-21-20-17-12-22(9-10-24(17)18)11-14-4-6-15(19)7-5-14/h4-7,16H,2-3,8-12H2,1H3. The summed E-state index contributed by atoms with van der Waals surface area (Å²) in [6.07, 6.45) is 2.02. The van der Waals surface area contributed by atoms with Crippen LogP contribution in [0.4, 0.5) is 0 Å². The van der Waals surface area contributed by atoms with Crippen molar-refractivity contribution in [2.24, 2.45) is 0 Å². The molecule has 2 aliphatic heterocycles. The highest BCUT2D eigenvalue weighted by Crippen LogP contribution is 2.32. The minimum absolute atomic E-state index is 0.0848. The summed E-state index contributed by atoms with van der Waals surface area (Å²) in [5.41, 5.74) is 1.25. The van der Waals surface area contributed by atoms with Gasteiger partial charge in [0.05, 0.1) is 12.6 Å². The molecule has 1 unspecified atom stereocenters. The van der Waals surface area contributed by atoms with Crippen LogP contribution in [0.1, 0.15) is 43.0 Å². The van der Waals surface area contributed by atoms with Crippen LogP contribution in [0.25, 0.3) is 0 Å². The molecule has 7 heteroatoms. The van der Waals surface area contributed by atoms with Gasteiger partial charge in [0.1, 0.15) is 5.82 Å². The van der Waals surface area contributed by atoms with Gasteiger partial charge in [0.15, 0.2) is 5.82 Å². The molecule has 0 radical (unpaired) electrons. The summed E-state index contributed by atoms with van der Waals surface area (Å²) in [7, 11) is 0. The number of rotatable bonds is 3. The molecule has 1 aromatic heterocycles. The fourth-order valence-electron chi connectivity index (χ4n) is 3.87. The third-order valence-corrected chi connectivity index (χ3v) is 5.39. The highest BCUT2D eigenvalue weighted by molar-refractivity contribution is 6.30. The molecule has 1 aromatic carbocycles.